The molecule has 0 saturated carbocycles. The van der Waals surface area contributed by atoms with Crippen molar-refractivity contribution in [3.05, 3.63) is 83.7 Å². The van der Waals surface area contributed by atoms with Crippen LogP contribution in [0.3, 0.4) is 0 Å². The molecule has 0 bridgehead atoms. The Kier molecular flexibility index (Phi) is 8.00. The van der Waals surface area contributed by atoms with Crippen molar-refractivity contribution < 1.29 is 31.9 Å². The second kappa shape index (κ2) is 9.80. The van der Waals surface area contributed by atoms with Crippen LogP contribution in [0.15, 0.2) is 72.8 Å². The monoisotopic (exact) mass is 458 g/mol. The van der Waals surface area contributed by atoms with Crippen molar-refractivity contribution in [3.63, 3.8) is 0 Å². The molecule has 0 fully saturated rings. The molecule has 0 atom stereocenters. The molecule has 0 N–H and O–H groups in total. The number of rotatable bonds is 4. The van der Waals surface area contributed by atoms with Crippen LogP contribution in [0.1, 0.15) is 25.3 Å². The summed E-state index contributed by atoms with van der Waals surface area (Å²) in [6.07, 6.45) is 0. The third-order valence-corrected chi connectivity index (χ3v) is 6.53. The van der Waals surface area contributed by atoms with Crippen LogP contribution in [0.4, 0.5) is 0 Å². The van der Waals surface area contributed by atoms with E-state index in [2.05, 4.69) is 86.0 Å². The Bertz CT molecular complexity index is 953. The molecule has 27 heavy (non-hydrogen) atoms. The molecule has 0 aliphatic heterocycles. The summed E-state index contributed by atoms with van der Waals surface area (Å²) in [5.41, 5.74) is 5.21. The summed E-state index contributed by atoms with van der Waals surface area (Å²) in [4.78, 5) is 3.91. The molecule has 2 aromatic heterocycles. The Morgan fingerprint density at radius 2 is 1.22 bits per heavy atom. The van der Waals surface area contributed by atoms with Gasteiger partial charge in [0.2, 0.25) is 0 Å². The van der Waals surface area contributed by atoms with E-state index < -0.39 is 0 Å². The quantitative estimate of drug-likeness (QED) is 0.305. The largest absolute Gasteiger partial charge is 2.00 e. The Morgan fingerprint density at radius 1 is 0.667 bits per heavy atom. The van der Waals surface area contributed by atoms with Crippen molar-refractivity contribution in [2.75, 3.05) is 0 Å². The van der Waals surface area contributed by atoms with Gasteiger partial charge in [-0.15, -0.1) is 21.6 Å². The molecule has 0 radical (unpaired) electrons. The van der Waals surface area contributed by atoms with Gasteiger partial charge in [-0.2, -0.15) is 12.1 Å². The van der Waals surface area contributed by atoms with Gasteiger partial charge in [-0.1, -0.05) is 68.4 Å². The van der Waals surface area contributed by atoms with Gasteiger partial charge >= 0.3 is 19.5 Å². The van der Waals surface area contributed by atoms with Crippen molar-refractivity contribution in [2.24, 2.45) is 0 Å². The van der Waals surface area contributed by atoms with E-state index in [1.54, 1.807) is 11.3 Å². The Balaban J connectivity index is 0.00000131. The van der Waals surface area contributed by atoms with E-state index in [0.29, 0.717) is 5.92 Å². The first-order valence-electron chi connectivity index (χ1n) is 8.47. The number of hydrogen-bond donors (Lipinski definition) is 0. The van der Waals surface area contributed by atoms with Gasteiger partial charge in [0.05, 0.1) is 0 Å². The van der Waals surface area contributed by atoms with E-state index in [1.165, 1.54) is 36.9 Å². The fourth-order valence-corrected chi connectivity index (χ4v) is 4.64. The number of halogens is 1. The first-order chi connectivity index (χ1) is 12.2. The molecule has 0 amide bonds. The van der Waals surface area contributed by atoms with Crippen molar-refractivity contribution >= 4 is 22.7 Å². The summed E-state index contributed by atoms with van der Waals surface area (Å²) in [5.74, 6) is 0.574. The average Bonchev–Trinajstić information content (AvgIpc) is 3.33. The van der Waals surface area contributed by atoms with Crippen LogP contribution < -0.4 is 12.4 Å². The zero-order valence-corrected chi connectivity index (χ0v) is 20.8. The maximum Gasteiger partial charge on any atom is 2.00 e. The van der Waals surface area contributed by atoms with E-state index in [9.17, 15) is 0 Å². The van der Waals surface area contributed by atoms with E-state index in [1.807, 2.05) is 17.4 Å². The molecule has 2 heterocycles. The van der Waals surface area contributed by atoms with Gasteiger partial charge in [0, 0.05) is 4.88 Å². The van der Waals surface area contributed by atoms with Crippen LogP contribution in [0.25, 0.3) is 31.3 Å². The van der Waals surface area contributed by atoms with Crippen LogP contribution >= 0.6 is 22.7 Å². The normalized spacial score (nSPS) is 10.3. The van der Waals surface area contributed by atoms with E-state index in [-0.39, 0.29) is 31.9 Å². The molecule has 0 saturated heterocycles. The van der Waals surface area contributed by atoms with E-state index in [0.717, 1.165) is 0 Å². The fraction of sp³-hybridized carbons (Fsp3) is 0.130. The molecule has 0 unspecified atom stereocenters. The summed E-state index contributed by atoms with van der Waals surface area (Å²) in [6, 6.07) is 26.3. The Hall–Kier alpha value is -1.25. The van der Waals surface area contributed by atoms with E-state index >= 15 is 0 Å². The van der Waals surface area contributed by atoms with Crippen molar-refractivity contribution in [2.45, 2.75) is 19.8 Å². The van der Waals surface area contributed by atoms with Crippen molar-refractivity contribution in [1.29, 1.82) is 0 Å². The first kappa shape index (κ1) is 22.0. The summed E-state index contributed by atoms with van der Waals surface area (Å²) in [6.45, 7) is 4.46. The van der Waals surface area contributed by atoms with Gasteiger partial charge in [0.25, 0.3) is 0 Å². The zero-order chi connectivity index (χ0) is 17.2. The summed E-state index contributed by atoms with van der Waals surface area (Å²) >= 11 is 3.51. The second-order valence-corrected chi connectivity index (χ2v) is 8.40. The summed E-state index contributed by atoms with van der Waals surface area (Å²) in [5, 5.41) is 3.16. The summed E-state index contributed by atoms with van der Waals surface area (Å²) < 4.78 is 0. The fourth-order valence-electron chi connectivity index (χ4n) is 2.89. The predicted molar refractivity (Wildman–Crippen MR) is 111 cm³/mol. The van der Waals surface area contributed by atoms with Gasteiger partial charge < -0.3 is 12.4 Å². The van der Waals surface area contributed by atoms with Crippen LogP contribution in [0, 0.1) is 5.38 Å². The minimum absolute atomic E-state index is 0. The molecule has 4 rings (SSSR count). The Labute approximate surface area is 188 Å². The number of benzene rings is 2. The predicted octanol–water partition coefficient (Wildman–Crippen LogP) is 4.74. The number of thiophene rings is 2. The molecule has 2 aromatic carbocycles. The molecular formula is C23H19ClS2Zn. The maximum absolute atomic E-state index is 3.16. The van der Waals surface area contributed by atoms with Gasteiger partial charge in [0.1, 0.15) is 0 Å². The number of hydrogen-bond acceptors (Lipinski definition) is 2. The standard InChI is InChI=1S/C23H19S2.ClH.Zn/c1-16(2)17-5-7-18(8-6-17)19-9-11-20(12-10-19)21-13-14-23(25-21)22-4-3-15-24-22;;/h3-14,16H,1-2H3;1H;/q-1;;+2/p-1. The Morgan fingerprint density at radius 3 is 1.78 bits per heavy atom. The van der Waals surface area contributed by atoms with Crippen LogP contribution in [-0.4, -0.2) is 0 Å². The molecule has 4 heteroatoms. The third-order valence-electron chi connectivity index (χ3n) is 4.40. The molecule has 0 aliphatic carbocycles. The molecule has 0 aliphatic rings. The second-order valence-electron chi connectivity index (χ2n) is 6.44. The average molecular weight is 460 g/mol. The minimum Gasteiger partial charge on any atom is -1.00 e. The van der Waals surface area contributed by atoms with Crippen LogP contribution in [-0.2, 0) is 19.5 Å². The van der Waals surface area contributed by atoms with Crippen LogP contribution in [0.2, 0.25) is 0 Å². The van der Waals surface area contributed by atoms with E-state index in [4.69, 9.17) is 0 Å². The van der Waals surface area contributed by atoms with Crippen LogP contribution in [0.5, 0.6) is 0 Å². The summed E-state index contributed by atoms with van der Waals surface area (Å²) in [7, 11) is 0. The smallest absolute Gasteiger partial charge is 1.00 e. The molecule has 4 aromatic rings. The SMILES string of the molecule is CC(C)c1ccc(-c2ccc(-c3ccc(-c4cc[c-]s4)s3)cc2)cc1.[Cl-].[Zn+2]. The minimum atomic E-state index is 0. The maximum atomic E-state index is 3.16. The topological polar surface area (TPSA) is 0 Å². The first-order valence-corrected chi connectivity index (χ1v) is 10.1. The molecule has 0 spiro atoms. The molecular weight excluding hydrogens is 441 g/mol. The molecule has 0 nitrogen and oxygen atoms in total. The van der Waals surface area contributed by atoms with Gasteiger partial charge in [-0.25, -0.2) is 0 Å². The van der Waals surface area contributed by atoms with Gasteiger partial charge in [-0.3, -0.25) is 11.3 Å². The molecule has 132 valence electrons. The van der Waals surface area contributed by atoms with Crippen molar-refractivity contribution in [3.8, 4) is 31.3 Å². The zero-order valence-electron chi connectivity index (χ0n) is 15.4. The van der Waals surface area contributed by atoms with Crippen molar-refractivity contribution in [1.82, 2.24) is 0 Å². The third kappa shape index (κ3) is 4.98. The van der Waals surface area contributed by atoms with Gasteiger partial charge in [-0.05, 0) is 39.1 Å². The van der Waals surface area contributed by atoms with Gasteiger partial charge in [0.15, 0.2) is 0 Å².